The Morgan fingerprint density at radius 2 is 1.75 bits per heavy atom. The fraction of sp³-hybridized carbons (Fsp3) is 0.732. The number of aromatic nitrogens is 4. The summed E-state index contributed by atoms with van der Waals surface area (Å²) in [5.41, 5.74) is 0.365. The zero-order valence-corrected chi connectivity index (χ0v) is 33.2. The molecule has 0 spiro atoms. The van der Waals surface area contributed by atoms with Crippen molar-refractivity contribution < 1.29 is 28.6 Å². The van der Waals surface area contributed by atoms with Crippen LogP contribution in [-0.4, -0.2) is 49.1 Å². The predicted molar refractivity (Wildman–Crippen MR) is 197 cm³/mol. The van der Waals surface area contributed by atoms with Crippen LogP contribution in [0.1, 0.15) is 139 Å². The number of ketones is 1. The number of halogens is 1. The Labute approximate surface area is 313 Å². The Morgan fingerprint density at radius 3 is 2.38 bits per heavy atom. The zero-order chi connectivity index (χ0) is 38.0. The van der Waals surface area contributed by atoms with Crippen molar-refractivity contribution in [3.8, 4) is 11.7 Å². The first-order valence-electron chi connectivity index (χ1n) is 19.4. The monoisotopic (exact) mass is 736 g/mol. The number of allylic oxidation sites excluding steroid dienone is 2. The molecule has 0 bridgehead atoms. The lowest BCUT2D eigenvalue weighted by molar-refractivity contribution is -0.184. The number of hydrogen-bond acceptors (Lipinski definition) is 9. The Balaban J connectivity index is 1.30. The second-order valence-corrected chi connectivity index (χ2v) is 18.6. The molecule has 6 rings (SSSR count). The summed E-state index contributed by atoms with van der Waals surface area (Å²) >= 11 is 6.04. The van der Waals surface area contributed by atoms with Gasteiger partial charge in [0.05, 0.1) is 22.3 Å². The number of carbonyl (C=O) groups is 3. The minimum Gasteiger partial charge on any atom is -0.481 e. The molecular formula is C41H57ClN4O6. The fourth-order valence-electron chi connectivity index (χ4n) is 11.2. The van der Waals surface area contributed by atoms with Crippen molar-refractivity contribution >= 4 is 29.3 Å². The van der Waals surface area contributed by atoms with E-state index in [0.717, 1.165) is 56.9 Å². The molecule has 284 valence electrons. The SMILES string of the molecule is CC[C@H](CC[C@@]1(C)[C@H](C)CC[C@]2(C)[C@@H]1CC[C@@H]1C3=C(C(C)C)C(=O)C[C@]3(c3nnc(-c4ncc(Cl)cn4)o3)CC[C@]12C)OC(=O)CC(C)(C)C(=O)O. The van der Waals surface area contributed by atoms with Crippen LogP contribution in [0.5, 0.6) is 0 Å². The Bertz CT molecular complexity index is 1750. The summed E-state index contributed by atoms with van der Waals surface area (Å²) in [4.78, 5) is 47.2. The van der Waals surface area contributed by atoms with Gasteiger partial charge in [0.15, 0.2) is 5.78 Å². The van der Waals surface area contributed by atoms with Gasteiger partial charge in [-0.2, -0.15) is 0 Å². The summed E-state index contributed by atoms with van der Waals surface area (Å²) in [7, 11) is 0. The van der Waals surface area contributed by atoms with E-state index in [-0.39, 0.29) is 52.3 Å². The van der Waals surface area contributed by atoms with Crippen molar-refractivity contribution in [3.05, 3.63) is 34.5 Å². The summed E-state index contributed by atoms with van der Waals surface area (Å²) in [6, 6.07) is 0. The van der Waals surface area contributed by atoms with Gasteiger partial charge in [0.2, 0.25) is 11.7 Å². The van der Waals surface area contributed by atoms with Gasteiger partial charge in [-0.1, -0.05) is 60.1 Å². The second kappa shape index (κ2) is 13.6. The number of ether oxygens (including phenoxy) is 1. The number of fused-ring (bicyclic) bond motifs is 5. The van der Waals surface area contributed by atoms with Crippen LogP contribution < -0.4 is 0 Å². The largest absolute Gasteiger partial charge is 0.481 e. The van der Waals surface area contributed by atoms with Gasteiger partial charge in [-0.3, -0.25) is 14.4 Å². The fourth-order valence-corrected chi connectivity index (χ4v) is 11.3. The van der Waals surface area contributed by atoms with Gasteiger partial charge in [-0.05, 0) is 123 Å². The number of carboxylic acids is 1. The lowest BCUT2D eigenvalue weighted by atomic mass is 9.35. The standard InChI is InChI=1S/C41H57ClN4O6/c1-10-26(51-30(48)20-37(5,6)36(49)50)14-15-38(7)24(4)13-16-40(9)29(38)12-11-27-32-31(23(2)3)28(47)19-41(32,18-17-39(27,40)8)35-46-45-34(52-35)33-43-21-25(42)22-44-33/h21-24,26-27,29H,10-20H2,1-9H3,(H,49,50)/t24-,26-,27-,29-,38+,39-,40-,41-/m1/s1. The highest BCUT2D eigenvalue weighted by atomic mass is 35.5. The quantitative estimate of drug-likeness (QED) is 0.222. The molecule has 3 saturated carbocycles. The third kappa shape index (κ3) is 6.12. The summed E-state index contributed by atoms with van der Waals surface area (Å²) < 4.78 is 12.3. The number of carboxylic acid groups (broad SMARTS) is 1. The number of Topliss-reactive ketones (excluding diaryl/α,β-unsaturated/α-hetero) is 1. The number of nitrogens with zero attached hydrogens (tertiary/aromatic N) is 4. The molecule has 52 heavy (non-hydrogen) atoms. The van der Waals surface area contributed by atoms with Crippen molar-refractivity contribution in [2.24, 2.45) is 45.3 Å². The minimum atomic E-state index is -1.17. The third-order valence-electron chi connectivity index (χ3n) is 14.7. The Kier molecular flexibility index (Phi) is 10.1. The van der Waals surface area contributed by atoms with E-state index in [4.69, 9.17) is 20.8 Å². The highest BCUT2D eigenvalue weighted by molar-refractivity contribution is 6.30. The van der Waals surface area contributed by atoms with E-state index in [1.54, 1.807) is 13.8 Å². The van der Waals surface area contributed by atoms with E-state index in [0.29, 0.717) is 41.4 Å². The van der Waals surface area contributed by atoms with Crippen LogP contribution in [-0.2, 0) is 24.5 Å². The van der Waals surface area contributed by atoms with Crippen molar-refractivity contribution in [1.29, 1.82) is 0 Å². The van der Waals surface area contributed by atoms with Crippen LogP contribution in [0.25, 0.3) is 11.7 Å². The van der Waals surface area contributed by atoms with Gasteiger partial charge in [0.1, 0.15) is 6.10 Å². The molecule has 11 heteroatoms. The van der Waals surface area contributed by atoms with Crippen LogP contribution in [0.2, 0.25) is 5.02 Å². The summed E-state index contributed by atoms with van der Waals surface area (Å²) in [5.74, 6) is 1.00. The molecule has 0 aromatic carbocycles. The Hall–Kier alpha value is -3.14. The average molecular weight is 737 g/mol. The van der Waals surface area contributed by atoms with Crippen LogP contribution >= 0.6 is 11.6 Å². The predicted octanol–water partition coefficient (Wildman–Crippen LogP) is 9.21. The Morgan fingerprint density at radius 1 is 1.06 bits per heavy atom. The molecule has 4 aliphatic carbocycles. The van der Waals surface area contributed by atoms with Gasteiger partial charge in [0.25, 0.3) is 5.89 Å². The molecule has 2 heterocycles. The first-order valence-corrected chi connectivity index (χ1v) is 19.7. The number of aliphatic carboxylic acids is 1. The van der Waals surface area contributed by atoms with Gasteiger partial charge in [-0.15, -0.1) is 10.2 Å². The molecule has 0 radical (unpaired) electrons. The maximum Gasteiger partial charge on any atom is 0.309 e. The molecule has 8 atom stereocenters. The van der Waals surface area contributed by atoms with Crippen molar-refractivity contribution in [2.75, 3.05) is 0 Å². The van der Waals surface area contributed by atoms with Crippen LogP contribution in [0.15, 0.2) is 28.0 Å². The molecule has 2 aromatic rings. The highest BCUT2D eigenvalue weighted by Crippen LogP contribution is 2.74. The van der Waals surface area contributed by atoms with E-state index in [1.807, 2.05) is 6.92 Å². The summed E-state index contributed by atoms with van der Waals surface area (Å²) in [6.07, 6.45) is 11.3. The van der Waals surface area contributed by atoms with Crippen LogP contribution in [0.4, 0.5) is 0 Å². The molecule has 0 unspecified atom stereocenters. The maximum atomic E-state index is 14.1. The molecular weight excluding hydrogens is 680 g/mol. The van der Waals surface area contributed by atoms with Gasteiger partial charge in [0, 0.05) is 18.8 Å². The highest BCUT2D eigenvalue weighted by Gasteiger charge is 2.68. The lowest BCUT2D eigenvalue weighted by Crippen LogP contribution is -2.62. The lowest BCUT2D eigenvalue weighted by Gasteiger charge is -2.69. The number of rotatable bonds is 11. The first-order chi connectivity index (χ1) is 24.3. The summed E-state index contributed by atoms with van der Waals surface area (Å²) in [5, 5.41) is 18.9. The van der Waals surface area contributed by atoms with Crippen molar-refractivity contribution in [3.63, 3.8) is 0 Å². The average Bonchev–Trinajstić information content (AvgIpc) is 3.69. The van der Waals surface area contributed by atoms with E-state index in [9.17, 15) is 19.5 Å². The number of carbonyl (C=O) groups excluding carboxylic acids is 2. The van der Waals surface area contributed by atoms with Gasteiger partial charge >= 0.3 is 11.9 Å². The molecule has 1 N–H and O–H groups in total. The van der Waals surface area contributed by atoms with Crippen LogP contribution in [0, 0.1) is 45.3 Å². The molecule has 4 aliphatic rings. The maximum absolute atomic E-state index is 14.1. The molecule has 0 aliphatic heterocycles. The summed E-state index contributed by atoms with van der Waals surface area (Å²) in [6.45, 7) is 19.3. The molecule has 10 nitrogen and oxygen atoms in total. The smallest absolute Gasteiger partial charge is 0.309 e. The topological polar surface area (TPSA) is 145 Å². The van der Waals surface area contributed by atoms with Gasteiger partial charge < -0.3 is 14.3 Å². The van der Waals surface area contributed by atoms with Gasteiger partial charge in [-0.25, -0.2) is 9.97 Å². The molecule has 3 fully saturated rings. The number of hydrogen-bond donors (Lipinski definition) is 1. The molecule has 2 aromatic heterocycles. The first kappa shape index (κ1) is 38.6. The third-order valence-corrected chi connectivity index (χ3v) is 14.9. The van der Waals surface area contributed by atoms with Crippen molar-refractivity contribution in [1.82, 2.24) is 20.2 Å². The van der Waals surface area contributed by atoms with E-state index in [1.165, 1.54) is 18.0 Å². The molecule has 0 saturated heterocycles. The van der Waals surface area contributed by atoms with E-state index < -0.39 is 22.8 Å². The van der Waals surface area contributed by atoms with Crippen LogP contribution in [0.3, 0.4) is 0 Å². The van der Waals surface area contributed by atoms with E-state index >= 15 is 0 Å². The second-order valence-electron chi connectivity index (χ2n) is 18.2. The van der Waals surface area contributed by atoms with Crippen molar-refractivity contribution in [2.45, 2.75) is 144 Å². The zero-order valence-electron chi connectivity index (χ0n) is 32.5. The number of esters is 1. The minimum absolute atomic E-state index is 0.0190. The molecule has 0 amide bonds. The normalized spacial score (nSPS) is 33.8. The van der Waals surface area contributed by atoms with E-state index in [2.05, 4.69) is 61.7 Å².